The van der Waals surface area contributed by atoms with Crippen LogP contribution in [0.15, 0.2) is 54.6 Å². The first-order valence-electron chi connectivity index (χ1n) is 5.34. The van der Waals surface area contributed by atoms with E-state index in [1.54, 1.807) is 30.3 Å². The van der Waals surface area contributed by atoms with Crippen LogP contribution in [0.4, 0.5) is 5.69 Å². The fourth-order valence-electron chi connectivity index (χ4n) is 1.51. The van der Waals surface area contributed by atoms with Gasteiger partial charge in [0.2, 0.25) is 0 Å². The van der Waals surface area contributed by atoms with Crippen molar-refractivity contribution in [3.8, 4) is 0 Å². The van der Waals surface area contributed by atoms with Crippen LogP contribution in [0.5, 0.6) is 0 Å². The van der Waals surface area contributed by atoms with Crippen LogP contribution in [-0.4, -0.2) is 11.9 Å². The molecule has 0 heterocycles. The molecular formula is C14H10KNO3. The number of para-hydroxylation sites is 1. The molecule has 90 valence electrons. The summed E-state index contributed by atoms with van der Waals surface area (Å²) in [6.45, 7) is 0. The van der Waals surface area contributed by atoms with Crippen molar-refractivity contribution in [3.05, 3.63) is 65.7 Å². The Labute approximate surface area is 153 Å². The summed E-state index contributed by atoms with van der Waals surface area (Å²) in [5.41, 5.74) is 0.914. The van der Waals surface area contributed by atoms with Crippen molar-refractivity contribution in [3.63, 3.8) is 0 Å². The van der Waals surface area contributed by atoms with Crippen molar-refractivity contribution in [1.82, 2.24) is 0 Å². The van der Waals surface area contributed by atoms with E-state index in [2.05, 4.69) is 5.32 Å². The minimum atomic E-state index is -1.30. The number of carboxylic acid groups (broad SMARTS) is 1. The number of rotatable bonds is 3. The maximum absolute atomic E-state index is 11.9. The number of carbonyl (C=O) groups excluding carboxylic acids is 2. The Kier molecular flexibility index (Phi) is 6.40. The maximum atomic E-state index is 11.9. The summed E-state index contributed by atoms with van der Waals surface area (Å²) in [5.74, 6) is -1.66. The largest absolute Gasteiger partial charge is 1.00 e. The van der Waals surface area contributed by atoms with E-state index in [0.29, 0.717) is 5.69 Å². The third-order valence-corrected chi connectivity index (χ3v) is 2.39. The number of amides is 1. The van der Waals surface area contributed by atoms with Crippen molar-refractivity contribution >= 4 is 17.6 Å². The molecule has 0 aliphatic rings. The second kappa shape index (κ2) is 7.57. The van der Waals surface area contributed by atoms with Gasteiger partial charge >= 0.3 is 51.4 Å². The molecule has 0 aromatic heterocycles. The van der Waals surface area contributed by atoms with E-state index in [-0.39, 0.29) is 68.4 Å². The van der Waals surface area contributed by atoms with Gasteiger partial charge < -0.3 is 15.2 Å². The molecule has 0 bridgehead atoms. The maximum Gasteiger partial charge on any atom is 1.00 e. The van der Waals surface area contributed by atoms with Crippen molar-refractivity contribution in [2.24, 2.45) is 0 Å². The second-order valence-electron chi connectivity index (χ2n) is 3.69. The van der Waals surface area contributed by atoms with E-state index in [0.717, 1.165) is 0 Å². The molecule has 0 aliphatic carbocycles. The van der Waals surface area contributed by atoms with Gasteiger partial charge in [0.05, 0.1) is 5.97 Å². The van der Waals surface area contributed by atoms with Gasteiger partial charge in [-0.15, -0.1) is 0 Å². The standard InChI is InChI=1S/C14H11NO3.K/c16-13(15-12-7-2-1-3-8-12)10-5-4-6-11(9-10)14(17)18;/h1-9H,(H,15,16)(H,17,18);/q;+1/p-1. The topological polar surface area (TPSA) is 69.2 Å². The van der Waals surface area contributed by atoms with Crippen LogP contribution >= 0.6 is 0 Å². The molecule has 4 nitrogen and oxygen atoms in total. The zero-order valence-electron chi connectivity index (χ0n) is 10.4. The zero-order valence-corrected chi connectivity index (χ0v) is 13.5. The van der Waals surface area contributed by atoms with Crippen LogP contribution in [0.3, 0.4) is 0 Å². The summed E-state index contributed by atoms with van der Waals surface area (Å²) >= 11 is 0. The van der Waals surface area contributed by atoms with E-state index in [1.165, 1.54) is 18.2 Å². The fraction of sp³-hybridized carbons (Fsp3) is 0. The van der Waals surface area contributed by atoms with Crippen LogP contribution < -0.4 is 61.8 Å². The molecule has 0 saturated heterocycles. The van der Waals surface area contributed by atoms with E-state index in [9.17, 15) is 14.7 Å². The third-order valence-electron chi connectivity index (χ3n) is 2.39. The van der Waals surface area contributed by atoms with E-state index >= 15 is 0 Å². The Balaban J connectivity index is 0.00000180. The predicted octanol–water partition coefficient (Wildman–Crippen LogP) is -1.69. The number of hydrogen-bond donors (Lipinski definition) is 1. The number of anilines is 1. The summed E-state index contributed by atoms with van der Waals surface area (Å²) in [6.07, 6.45) is 0. The summed E-state index contributed by atoms with van der Waals surface area (Å²) in [5, 5.41) is 13.4. The molecule has 0 fully saturated rings. The molecule has 2 rings (SSSR count). The molecule has 1 amide bonds. The van der Waals surface area contributed by atoms with Gasteiger partial charge in [-0.05, 0) is 29.8 Å². The van der Waals surface area contributed by atoms with E-state index in [1.807, 2.05) is 6.07 Å². The summed E-state index contributed by atoms with van der Waals surface area (Å²) in [6, 6.07) is 14.7. The van der Waals surface area contributed by atoms with Gasteiger partial charge in [-0.3, -0.25) is 4.79 Å². The van der Waals surface area contributed by atoms with Gasteiger partial charge in [0.15, 0.2) is 0 Å². The summed E-state index contributed by atoms with van der Waals surface area (Å²) < 4.78 is 0. The first-order valence-corrected chi connectivity index (χ1v) is 5.34. The number of nitrogens with one attached hydrogen (secondary N) is 1. The molecular weight excluding hydrogens is 269 g/mol. The summed E-state index contributed by atoms with van der Waals surface area (Å²) in [4.78, 5) is 22.6. The van der Waals surface area contributed by atoms with Gasteiger partial charge in [-0.25, -0.2) is 0 Å². The Hall–Kier alpha value is -0.984. The Morgan fingerprint density at radius 3 is 2.16 bits per heavy atom. The normalized spacial score (nSPS) is 9.26. The van der Waals surface area contributed by atoms with Crippen molar-refractivity contribution < 1.29 is 66.1 Å². The first kappa shape index (κ1) is 16.1. The van der Waals surface area contributed by atoms with Gasteiger partial charge in [0, 0.05) is 11.3 Å². The number of carboxylic acids is 1. The van der Waals surface area contributed by atoms with Crippen molar-refractivity contribution in [2.45, 2.75) is 0 Å². The van der Waals surface area contributed by atoms with Crippen LogP contribution in [0.2, 0.25) is 0 Å². The van der Waals surface area contributed by atoms with Crippen LogP contribution in [0.25, 0.3) is 0 Å². The zero-order chi connectivity index (χ0) is 13.0. The smallest absolute Gasteiger partial charge is 0.545 e. The average Bonchev–Trinajstić information content (AvgIpc) is 2.40. The molecule has 0 unspecified atom stereocenters. The SMILES string of the molecule is O=C([O-])c1cccc(C(=O)Nc2ccccc2)c1.[K+]. The number of aromatic carboxylic acids is 1. The number of benzene rings is 2. The van der Waals surface area contributed by atoms with Crippen LogP contribution in [0, 0.1) is 0 Å². The first-order chi connectivity index (χ1) is 8.66. The molecule has 0 aliphatic heterocycles. The number of hydrogen-bond acceptors (Lipinski definition) is 3. The molecule has 0 spiro atoms. The molecule has 19 heavy (non-hydrogen) atoms. The number of carbonyl (C=O) groups is 2. The molecule has 2 aromatic rings. The monoisotopic (exact) mass is 279 g/mol. The van der Waals surface area contributed by atoms with Crippen LogP contribution in [-0.2, 0) is 0 Å². The van der Waals surface area contributed by atoms with Crippen molar-refractivity contribution in [2.75, 3.05) is 5.32 Å². The molecule has 5 heteroatoms. The van der Waals surface area contributed by atoms with Crippen molar-refractivity contribution in [1.29, 1.82) is 0 Å². The fourth-order valence-corrected chi connectivity index (χ4v) is 1.51. The van der Waals surface area contributed by atoms with Gasteiger partial charge in [0.25, 0.3) is 5.91 Å². The quantitative estimate of drug-likeness (QED) is 0.681. The molecule has 0 saturated carbocycles. The average molecular weight is 279 g/mol. The van der Waals surface area contributed by atoms with Crippen LogP contribution in [0.1, 0.15) is 20.7 Å². The summed E-state index contributed by atoms with van der Waals surface area (Å²) in [7, 11) is 0. The Morgan fingerprint density at radius 2 is 1.53 bits per heavy atom. The van der Waals surface area contributed by atoms with Gasteiger partial charge in [-0.2, -0.15) is 0 Å². The minimum absolute atomic E-state index is 0. The second-order valence-corrected chi connectivity index (χ2v) is 3.69. The Bertz CT molecular complexity index is 584. The molecule has 2 aromatic carbocycles. The predicted molar refractivity (Wildman–Crippen MR) is 65.2 cm³/mol. The Morgan fingerprint density at radius 1 is 0.895 bits per heavy atom. The van der Waals surface area contributed by atoms with Gasteiger partial charge in [0.1, 0.15) is 0 Å². The molecule has 0 atom stereocenters. The van der Waals surface area contributed by atoms with E-state index < -0.39 is 5.97 Å². The molecule has 0 radical (unpaired) electrons. The molecule has 1 N–H and O–H groups in total. The minimum Gasteiger partial charge on any atom is -0.545 e. The van der Waals surface area contributed by atoms with Gasteiger partial charge in [-0.1, -0.05) is 30.3 Å². The van der Waals surface area contributed by atoms with E-state index in [4.69, 9.17) is 0 Å². The third kappa shape index (κ3) is 4.56.